The van der Waals surface area contributed by atoms with Gasteiger partial charge in [-0.2, -0.15) is 0 Å². The Bertz CT molecular complexity index is 829. The molecule has 0 radical (unpaired) electrons. The van der Waals surface area contributed by atoms with E-state index < -0.39 is 0 Å². The van der Waals surface area contributed by atoms with E-state index in [1.165, 1.54) is 6.92 Å². The summed E-state index contributed by atoms with van der Waals surface area (Å²) in [6.45, 7) is 4.75. The first-order valence-corrected chi connectivity index (χ1v) is 9.97. The van der Waals surface area contributed by atoms with Crippen molar-refractivity contribution in [3.05, 3.63) is 59.7 Å². The molecule has 154 valence electrons. The highest BCUT2D eigenvalue weighted by molar-refractivity contribution is 5.91. The van der Waals surface area contributed by atoms with Crippen LogP contribution in [0.2, 0.25) is 0 Å². The number of carbonyl (C=O) groups is 2. The van der Waals surface area contributed by atoms with E-state index >= 15 is 0 Å². The van der Waals surface area contributed by atoms with Gasteiger partial charge in [-0.3, -0.25) is 9.59 Å². The number of rotatable bonds is 8. The van der Waals surface area contributed by atoms with Gasteiger partial charge in [0.15, 0.2) is 0 Å². The molecule has 1 heterocycles. The average Bonchev–Trinajstić information content (AvgIpc) is 3.20. The third-order valence-electron chi connectivity index (χ3n) is 4.82. The van der Waals surface area contributed by atoms with Crippen LogP contribution in [0.25, 0.3) is 0 Å². The van der Waals surface area contributed by atoms with Crippen molar-refractivity contribution in [3.63, 3.8) is 0 Å². The van der Waals surface area contributed by atoms with Crippen LogP contribution in [0.1, 0.15) is 43.4 Å². The predicted molar refractivity (Wildman–Crippen MR) is 112 cm³/mol. The maximum absolute atomic E-state index is 12.6. The summed E-state index contributed by atoms with van der Waals surface area (Å²) in [5.74, 6) is 0.337. The SMILES string of the molecule is CC(=O)NC(CC(=O)Nc1cccc(OCC2CCCO2)c1)c1ccc(C)cc1. The summed E-state index contributed by atoms with van der Waals surface area (Å²) in [6, 6.07) is 14.7. The molecule has 1 fully saturated rings. The standard InChI is InChI=1S/C23H28N2O4/c1-16-8-10-18(11-9-16)22(24-17(2)26)14-23(27)25-19-5-3-6-20(13-19)29-15-21-7-4-12-28-21/h3,5-6,8-11,13,21-22H,4,7,12,14-15H2,1-2H3,(H,24,26)(H,25,27). The van der Waals surface area contributed by atoms with Crippen molar-refractivity contribution in [2.24, 2.45) is 0 Å². The van der Waals surface area contributed by atoms with Crippen molar-refractivity contribution in [3.8, 4) is 5.75 Å². The Morgan fingerprint density at radius 1 is 1.21 bits per heavy atom. The van der Waals surface area contributed by atoms with Crippen LogP contribution in [0.15, 0.2) is 48.5 Å². The summed E-state index contributed by atoms with van der Waals surface area (Å²) in [5.41, 5.74) is 2.68. The average molecular weight is 396 g/mol. The lowest BCUT2D eigenvalue weighted by Gasteiger charge is -2.18. The normalized spacial score (nSPS) is 16.8. The topological polar surface area (TPSA) is 76.7 Å². The minimum atomic E-state index is -0.382. The lowest BCUT2D eigenvalue weighted by molar-refractivity contribution is -0.120. The Labute approximate surface area is 171 Å². The lowest BCUT2D eigenvalue weighted by atomic mass is 10.0. The van der Waals surface area contributed by atoms with Crippen molar-refractivity contribution in [2.45, 2.75) is 45.3 Å². The Morgan fingerprint density at radius 3 is 2.69 bits per heavy atom. The first-order chi connectivity index (χ1) is 14.0. The number of benzene rings is 2. The zero-order valence-electron chi connectivity index (χ0n) is 16.9. The number of amides is 2. The molecule has 0 bridgehead atoms. The van der Waals surface area contributed by atoms with Crippen molar-refractivity contribution >= 4 is 17.5 Å². The minimum absolute atomic E-state index is 0.140. The van der Waals surface area contributed by atoms with E-state index in [0.717, 1.165) is 30.6 Å². The largest absolute Gasteiger partial charge is 0.491 e. The van der Waals surface area contributed by atoms with Gasteiger partial charge in [0, 0.05) is 25.3 Å². The van der Waals surface area contributed by atoms with Crippen molar-refractivity contribution < 1.29 is 19.1 Å². The van der Waals surface area contributed by atoms with Crippen molar-refractivity contribution in [1.29, 1.82) is 0 Å². The molecule has 0 spiro atoms. The highest BCUT2D eigenvalue weighted by Crippen LogP contribution is 2.22. The molecular formula is C23H28N2O4. The number of nitrogens with one attached hydrogen (secondary N) is 2. The highest BCUT2D eigenvalue weighted by atomic mass is 16.5. The van der Waals surface area contributed by atoms with E-state index in [2.05, 4.69) is 10.6 Å². The zero-order chi connectivity index (χ0) is 20.6. The van der Waals surface area contributed by atoms with Gasteiger partial charge in [0.05, 0.1) is 18.6 Å². The summed E-state index contributed by atoms with van der Waals surface area (Å²) in [6.07, 6.45) is 2.37. The van der Waals surface area contributed by atoms with E-state index in [1.54, 1.807) is 6.07 Å². The molecule has 1 aliphatic rings. The van der Waals surface area contributed by atoms with Crippen LogP contribution in [0.3, 0.4) is 0 Å². The summed E-state index contributed by atoms with van der Waals surface area (Å²) in [7, 11) is 0. The fourth-order valence-corrected chi connectivity index (χ4v) is 3.32. The van der Waals surface area contributed by atoms with Crippen LogP contribution in [0.4, 0.5) is 5.69 Å². The molecule has 0 aromatic heterocycles. The quantitative estimate of drug-likeness (QED) is 0.712. The zero-order valence-corrected chi connectivity index (χ0v) is 16.9. The maximum atomic E-state index is 12.6. The number of hydrogen-bond acceptors (Lipinski definition) is 4. The molecule has 2 aromatic rings. The molecule has 6 nitrogen and oxygen atoms in total. The minimum Gasteiger partial charge on any atom is -0.491 e. The lowest BCUT2D eigenvalue weighted by Crippen LogP contribution is -2.29. The van der Waals surface area contributed by atoms with Gasteiger partial charge in [0.1, 0.15) is 12.4 Å². The van der Waals surface area contributed by atoms with E-state index in [0.29, 0.717) is 18.0 Å². The number of ether oxygens (including phenoxy) is 2. The van der Waals surface area contributed by atoms with E-state index in [1.807, 2.05) is 49.4 Å². The van der Waals surface area contributed by atoms with E-state index in [4.69, 9.17) is 9.47 Å². The van der Waals surface area contributed by atoms with Crippen LogP contribution in [0.5, 0.6) is 5.75 Å². The molecule has 2 N–H and O–H groups in total. The van der Waals surface area contributed by atoms with Crippen LogP contribution in [0, 0.1) is 6.92 Å². The van der Waals surface area contributed by atoms with Crippen LogP contribution < -0.4 is 15.4 Å². The molecule has 2 amide bonds. The Hall–Kier alpha value is -2.86. The summed E-state index contributed by atoms with van der Waals surface area (Å²) >= 11 is 0. The van der Waals surface area contributed by atoms with Gasteiger partial charge in [-0.25, -0.2) is 0 Å². The molecule has 29 heavy (non-hydrogen) atoms. The second-order valence-electron chi connectivity index (χ2n) is 7.39. The second kappa shape index (κ2) is 10.1. The van der Waals surface area contributed by atoms with Crippen LogP contribution in [-0.4, -0.2) is 31.1 Å². The molecule has 1 saturated heterocycles. The molecule has 6 heteroatoms. The van der Waals surface area contributed by atoms with Gasteiger partial charge in [-0.1, -0.05) is 35.9 Å². The van der Waals surface area contributed by atoms with Gasteiger partial charge in [0.25, 0.3) is 0 Å². The van der Waals surface area contributed by atoms with Crippen LogP contribution in [-0.2, 0) is 14.3 Å². The maximum Gasteiger partial charge on any atom is 0.226 e. The molecule has 0 aliphatic carbocycles. The van der Waals surface area contributed by atoms with Crippen LogP contribution >= 0.6 is 0 Å². The number of hydrogen-bond donors (Lipinski definition) is 2. The fraction of sp³-hybridized carbons (Fsp3) is 0.391. The van der Waals surface area contributed by atoms with Gasteiger partial charge in [-0.05, 0) is 37.5 Å². The number of anilines is 1. The van der Waals surface area contributed by atoms with E-state index in [-0.39, 0.29) is 30.4 Å². The smallest absolute Gasteiger partial charge is 0.226 e. The Balaban J connectivity index is 1.59. The Kier molecular flexibility index (Phi) is 7.25. The van der Waals surface area contributed by atoms with Crippen molar-refractivity contribution in [1.82, 2.24) is 5.32 Å². The molecule has 2 unspecified atom stereocenters. The first-order valence-electron chi connectivity index (χ1n) is 9.97. The molecule has 1 aliphatic heterocycles. The van der Waals surface area contributed by atoms with Crippen molar-refractivity contribution in [2.75, 3.05) is 18.5 Å². The van der Waals surface area contributed by atoms with E-state index in [9.17, 15) is 9.59 Å². The monoisotopic (exact) mass is 396 g/mol. The molecule has 2 atom stereocenters. The van der Waals surface area contributed by atoms with Gasteiger partial charge < -0.3 is 20.1 Å². The van der Waals surface area contributed by atoms with Gasteiger partial charge >= 0.3 is 0 Å². The first kappa shape index (κ1) is 20.9. The molecule has 2 aromatic carbocycles. The Morgan fingerprint density at radius 2 is 2.00 bits per heavy atom. The predicted octanol–water partition coefficient (Wildman–Crippen LogP) is 3.76. The summed E-state index contributed by atoms with van der Waals surface area (Å²) in [5, 5.41) is 5.75. The van der Waals surface area contributed by atoms with Gasteiger partial charge in [-0.15, -0.1) is 0 Å². The number of aryl methyl sites for hydroxylation is 1. The number of carbonyl (C=O) groups excluding carboxylic acids is 2. The molecule has 0 saturated carbocycles. The third kappa shape index (κ3) is 6.61. The third-order valence-corrected chi connectivity index (χ3v) is 4.82. The molecular weight excluding hydrogens is 368 g/mol. The molecule has 3 rings (SSSR count). The summed E-state index contributed by atoms with van der Waals surface area (Å²) < 4.78 is 11.4. The second-order valence-corrected chi connectivity index (χ2v) is 7.39. The fourth-order valence-electron chi connectivity index (χ4n) is 3.32. The summed E-state index contributed by atoms with van der Waals surface area (Å²) in [4.78, 5) is 24.2. The highest BCUT2D eigenvalue weighted by Gasteiger charge is 2.18. The van der Waals surface area contributed by atoms with Gasteiger partial charge in [0.2, 0.25) is 11.8 Å².